The van der Waals surface area contributed by atoms with Crippen molar-refractivity contribution in [3.05, 3.63) is 64.9 Å². The van der Waals surface area contributed by atoms with Crippen LogP contribution in [0.2, 0.25) is 10.0 Å². The van der Waals surface area contributed by atoms with Gasteiger partial charge in [0.25, 0.3) is 0 Å². The second-order valence-electron chi connectivity index (χ2n) is 9.44. The number of ether oxygens (including phenoxy) is 1. The Morgan fingerprint density at radius 2 is 1.73 bits per heavy atom. The first-order valence-corrected chi connectivity index (χ1v) is 13.2. The maximum absolute atomic E-state index is 12.5. The van der Waals surface area contributed by atoms with E-state index in [2.05, 4.69) is 14.9 Å². The number of aromatic nitrogens is 4. The summed E-state index contributed by atoms with van der Waals surface area (Å²) in [7, 11) is 0. The fraction of sp³-hybridized carbons (Fsp3) is 0.333. The van der Waals surface area contributed by atoms with Crippen LogP contribution in [0.3, 0.4) is 0 Å². The minimum Gasteiger partial charge on any atom is -0.449 e. The summed E-state index contributed by atoms with van der Waals surface area (Å²) < 4.78 is 7.52. The molecule has 8 nitrogen and oxygen atoms in total. The first-order valence-electron chi connectivity index (χ1n) is 12.5. The zero-order valence-corrected chi connectivity index (χ0v) is 21.7. The molecule has 37 heavy (non-hydrogen) atoms. The van der Waals surface area contributed by atoms with E-state index in [0.29, 0.717) is 65.7 Å². The molecule has 10 heteroatoms. The van der Waals surface area contributed by atoms with Gasteiger partial charge in [0.2, 0.25) is 0 Å². The normalized spacial score (nSPS) is 16.2. The summed E-state index contributed by atoms with van der Waals surface area (Å²) in [5.41, 5.74) is 3.01. The van der Waals surface area contributed by atoms with Gasteiger partial charge < -0.3 is 14.5 Å². The second-order valence-corrected chi connectivity index (χ2v) is 10.3. The van der Waals surface area contributed by atoms with Crippen LogP contribution in [0.15, 0.2) is 54.9 Å². The molecule has 1 aliphatic carbocycles. The lowest BCUT2D eigenvalue weighted by atomic mass is 9.86. The van der Waals surface area contributed by atoms with Gasteiger partial charge in [-0.05, 0) is 55.2 Å². The highest BCUT2D eigenvalue weighted by molar-refractivity contribution is 6.33. The van der Waals surface area contributed by atoms with Crippen LogP contribution in [0.5, 0.6) is 0 Å². The Kier molecular flexibility index (Phi) is 6.61. The summed E-state index contributed by atoms with van der Waals surface area (Å²) in [6.45, 7) is 2.90. The summed E-state index contributed by atoms with van der Waals surface area (Å²) in [6.07, 6.45) is 4.88. The molecular formula is C27H26Cl2N6O2. The second kappa shape index (κ2) is 10.2. The quantitative estimate of drug-likeness (QED) is 0.318. The Hall–Kier alpha value is -3.36. The van der Waals surface area contributed by atoms with E-state index in [-0.39, 0.29) is 6.09 Å². The van der Waals surface area contributed by atoms with Gasteiger partial charge >= 0.3 is 6.09 Å². The third-order valence-electron chi connectivity index (χ3n) is 7.13. The van der Waals surface area contributed by atoms with Crippen molar-refractivity contribution in [1.82, 2.24) is 24.4 Å². The van der Waals surface area contributed by atoms with Crippen molar-refractivity contribution >= 4 is 46.3 Å². The van der Waals surface area contributed by atoms with Crippen LogP contribution in [-0.4, -0.2) is 63.3 Å². The summed E-state index contributed by atoms with van der Waals surface area (Å²) >= 11 is 12.8. The highest BCUT2D eigenvalue weighted by atomic mass is 35.5. The molecule has 2 aliphatic rings. The first-order chi connectivity index (χ1) is 18.1. The molecule has 1 saturated carbocycles. The topological polar surface area (TPSA) is 76.4 Å². The van der Waals surface area contributed by atoms with Crippen LogP contribution in [0, 0.1) is 5.92 Å². The number of imidazole rings is 1. The molecule has 6 rings (SSSR count). The standard InChI is InChI=1S/C27H26Cl2N6O2/c28-19-8-10-20(11-9-19)35-24(21-6-1-2-7-22(21)29)32-23-25(30-17-31-26(23)35)33-12-14-34(15-13-33)27(36)37-16-18-4-3-5-18/h1-2,6-11,17-18H,3-5,12-16H2. The minimum atomic E-state index is -0.229. The van der Waals surface area contributed by atoms with Gasteiger partial charge in [-0.3, -0.25) is 4.57 Å². The van der Waals surface area contributed by atoms with Crippen molar-refractivity contribution in [2.24, 2.45) is 5.92 Å². The van der Waals surface area contributed by atoms with E-state index in [9.17, 15) is 4.79 Å². The Balaban J connectivity index is 1.32. The predicted molar refractivity (Wildman–Crippen MR) is 145 cm³/mol. The number of anilines is 1. The lowest BCUT2D eigenvalue weighted by Gasteiger charge is -2.35. The first kappa shape index (κ1) is 24.0. The minimum absolute atomic E-state index is 0.229. The molecule has 1 amide bonds. The van der Waals surface area contributed by atoms with E-state index in [1.807, 2.05) is 53.1 Å². The number of rotatable bonds is 5. The van der Waals surface area contributed by atoms with Gasteiger partial charge in [0.1, 0.15) is 12.2 Å². The Morgan fingerprint density at radius 3 is 2.43 bits per heavy atom. The monoisotopic (exact) mass is 536 g/mol. The van der Waals surface area contributed by atoms with Gasteiger partial charge in [0.15, 0.2) is 17.0 Å². The highest BCUT2D eigenvalue weighted by Gasteiger charge is 2.28. The number of fused-ring (bicyclic) bond motifs is 1. The van der Waals surface area contributed by atoms with Gasteiger partial charge in [-0.15, -0.1) is 0 Å². The van der Waals surface area contributed by atoms with Crippen LogP contribution in [0.4, 0.5) is 10.6 Å². The van der Waals surface area contributed by atoms with E-state index in [0.717, 1.165) is 29.9 Å². The van der Waals surface area contributed by atoms with E-state index in [1.165, 1.54) is 6.42 Å². The van der Waals surface area contributed by atoms with Crippen LogP contribution in [-0.2, 0) is 4.74 Å². The van der Waals surface area contributed by atoms with E-state index < -0.39 is 0 Å². The average Bonchev–Trinajstić information content (AvgIpc) is 3.28. The zero-order chi connectivity index (χ0) is 25.4. The molecule has 3 heterocycles. The SMILES string of the molecule is O=C(OCC1CCC1)N1CCN(c2ncnc3c2nc(-c2ccccc2Cl)n3-c2ccc(Cl)cc2)CC1. The molecule has 0 spiro atoms. The molecule has 1 aliphatic heterocycles. The number of carbonyl (C=O) groups excluding carboxylic acids is 1. The zero-order valence-electron chi connectivity index (χ0n) is 20.2. The van der Waals surface area contributed by atoms with E-state index >= 15 is 0 Å². The number of benzene rings is 2. The Labute approximate surface area is 224 Å². The third kappa shape index (κ3) is 4.71. The summed E-state index contributed by atoms with van der Waals surface area (Å²) in [5, 5.41) is 1.24. The van der Waals surface area contributed by atoms with Crippen molar-refractivity contribution < 1.29 is 9.53 Å². The van der Waals surface area contributed by atoms with Crippen molar-refractivity contribution in [3.63, 3.8) is 0 Å². The summed E-state index contributed by atoms with van der Waals surface area (Å²) in [5.74, 6) is 1.93. The van der Waals surface area contributed by atoms with Crippen LogP contribution in [0.25, 0.3) is 28.2 Å². The van der Waals surface area contributed by atoms with Crippen LogP contribution in [0.1, 0.15) is 19.3 Å². The van der Waals surface area contributed by atoms with Gasteiger partial charge in [-0.2, -0.15) is 0 Å². The van der Waals surface area contributed by atoms with Gasteiger partial charge in [0.05, 0.1) is 11.6 Å². The molecule has 0 N–H and O–H groups in total. The van der Waals surface area contributed by atoms with Crippen LogP contribution >= 0.6 is 23.2 Å². The number of amides is 1. The number of carbonyl (C=O) groups is 1. The predicted octanol–water partition coefficient (Wildman–Crippen LogP) is 5.85. The summed E-state index contributed by atoms with van der Waals surface area (Å²) in [4.78, 5) is 30.7. The number of piperazine rings is 1. The van der Waals surface area contributed by atoms with E-state index in [4.69, 9.17) is 32.9 Å². The molecule has 0 unspecified atom stereocenters. The largest absolute Gasteiger partial charge is 0.449 e. The number of hydrogen-bond acceptors (Lipinski definition) is 6. The number of hydrogen-bond donors (Lipinski definition) is 0. The van der Waals surface area contributed by atoms with Gasteiger partial charge in [-0.25, -0.2) is 19.7 Å². The molecule has 0 atom stereocenters. The molecule has 1 saturated heterocycles. The molecule has 2 aromatic carbocycles. The van der Waals surface area contributed by atoms with Gasteiger partial charge in [0, 0.05) is 42.5 Å². The van der Waals surface area contributed by atoms with Crippen molar-refractivity contribution in [2.45, 2.75) is 19.3 Å². The lowest BCUT2D eigenvalue weighted by molar-refractivity contribution is 0.0704. The fourth-order valence-corrected chi connectivity index (χ4v) is 5.16. The maximum atomic E-state index is 12.5. The molecule has 0 radical (unpaired) electrons. The lowest BCUT2D eigenvalue weighted by Crippen LogP contribution is -2.49. The summed E-state index contributed by atoms with van der Waals surface area (Å²) in [6, 6.07) is 15.1. The van der Waals surface area contributed by atoms with Crippen molar-refractivity contribution in [1.29, 1.82) is 0 Å². The maximum Gasteiger partial charge on any atom is 0.409 e. The molecule has 2 aromatic heterocycles. The Morgan fingerprint density at radius 1 is 0.973 bits per heavy atom. The molecule has 190 valence electrons. The smallest absolute Gasteiger partial charge is 0.409 e. The average molecular weight is 537 g/mol. The molecule has 2 fully saturated rings. The number of nitrogens with zero attached hydrogens (tertiary/aromatic N) is 6. The molecular weight excluding hydrogens is 511 g/mol. The van der Waals surface area contributed by atoms with Crippen molar-refractivity contribution in [2.75, 3.05) is 37.7 Å². The third-order valence-corrected chi connectivity index (χ3v) is 7.71. The molecule has 4 aromatic rings. The fourth-order valence-electron chi connectivity index (χ4n) is 4.81. The van der Waals surface area contributed by atoms with Crippen LogP contribution < -0.4 is 4.90 Å². The number of halogens is 2. The molecule has 0 bridgehead atoms. The van der Waals surface area contributed by atoms with Gasteiger partial charge in [-0.1, -0.05) is 41.8 Å². The highest BCUT2D eigenvalue weighted by Crippen LogP contribution is 2.35. The Bertz CT molecular complexity index is 1430. The van der Waals surface area contributed by atoms with Crippen molar-refractivity contribution in [3.8, 4) is 17.1 Å². The van der Waals surface area contributed by atoms with E-state index in [1.54, 1.807) is 11.2 Å².